The molecule has 0 unspecified atom stereocenters. The Labute approximate surface area is 333 Å². The van der Waals surface area contributed by atoms with Crippen LogP contribution in [0.25, 0.3) is 81.8 Å². The lowest BCUT2D eigenvalue weighted by atomic mass is 9.67. The number of hydrogen-bond donors (Lipinski definition) is 0. The minimum atomic E-state index is -0.539. The molecule has 0 amide bonds. The van der Waals surface area contributed by atoms with Crippen molar-refractivity contribution in [2.24, 2.45) is 0 Å². The van der Waals surface area contributed by atoms with Gasteiger partial charge in [-0.3, -0.25) is 4.57 Å². The standard InChI is InChI=1S/C52H32N4S/c1-3-15-33(16-4-1)49-53-50(34-27-29-42-41-22-10-14-26-47(41)57-48(42)31-34)55-51(54-49)56-45-25-13-9-21-39(45)40-30-28-36(32-46(40)56)52(35-17-5-2-6-18-35)43-23-11-7-19-37(43)38-20-8-12-24-44(38)52/h1-32H. The molecule has 3 heterocycles. The van der Waals surface area contributed by atoms with Crippen LogP contribution in [0.2, 0.25) is 0 Å². The zero-order chi connectivity index (χ0) is 37.5. The normalized spacial score (nSPS) is 13.1. The summed E-state index contributed by atoms with van der Waals surface area (Å²) in [7, 11) is 0. The molecule has 12 rings (SSSR count). The molecule has 0 saturated heterocycles. The summed E-state index contributed by atoms with van der Waals surface area (Å²) in [4.78, 5) is 15.8. The Morgan fingerprint density at radius 2 is 0.965 bits per heavy atom. The second-order valence-corrected chi connectivity index (χ2v) is 15.8. The third kappa shape index (κ3) is 4.70. The summed E-state index contributed by atoms with van der Waals surface area (Å²) in [5.41, 5.74) is 11.0. The third-order valence-corrected chi connectivity index (χ3v) is 12.9. The van der Waals surface area contributed by atoms with Crippen LogP contribution in [-0.2, 0) is 5.41 Å². The van der Waals surface area contributed by atoms with E-state index in [1.807, 2.05) is 18.2 Å². The minimum Gasteiger partial charge on any atom is -0.278 e. The zero-order valence-corrected chi connectivity index (χ0v) is 31.5. The van der Waals surface area contributed by atoms with Crippen LogP contribution in [-0.4, -0.2) is 19.5 Å². The molecule has 0 N–H and O–H groups in total. The molecule has 0 fully saturated rings. The van der Waals surface area contributed by atoms with Crippen molar-refractivity contribution >= 4 is 53.3 Å². The number of hydrogen-bond acceptors (Lipinski definition) is 4. The van der Waals surface area contributed by atoms with E-state index in [1.165, 1.54) is 53.6 Å². The number of thiophene rings is 1. The lowest BCUT2D eigenvalue weighted by Crippen LogP contribution is -2.28. The van der Waals surface area contributed by atoms with Crippen LogP contribution >= 0.6 is 11.3 Å². The molecule has 0 atom stereocenters. The van der Waals surface area contributed by atoms with Crippen LogP contribution in [0.5, 0.6) is 0 Å². The molecule has 266 valence electrons. The van der Waals surface area contributed by atoms with E-state index in [1.54, 1.807) is 11.3 Å². The molecule has 4 nitrogen and oxygen atoms in total. The quantitative estimate of drug-likeness (QED) is 0.176. The molecule has 3 aromatic heterocycles. The molecular formula is C52H32N4S. The van der Waals surface area contributed by atoms with Crippen molar-refractivity contribution in [1.82, 2.24) is 19.5 Å². The van der Waals surface area contributed by atoms with Crippen molar-refractivity contribution < 1.29 is 0 Å². The first-order valence-corrected chi connectivity index (χ1v) is 20.1. The number of aromatic nitrogens is 4. The predicted octanol–water partition coefficient (Wildman–Crippen LogP) is 13.0. The third-order valence-electron chi connectivity index (χ3n) is 11.8. The highest BCUT2D eigenvalue weighted by molar-refractivity contribution is 7.25. The van der Waals surface area contributed by atoms with E-state index in [0.717, 1.165) is 32.9 Å². The van der Waals surface area contributed by atoms with Crippen LogP contribution in [0.4, 0.5) is 0 Å². The van der Waals surface area contributed by atoms with Crippen molar-refractivity contribution in [1.29, 1.82) is 0 Å². The number of para-hydroxylation sites is 1. The van der Waals surface area contributed by atoms with Crippen LogP contribution in [0.15, 0.2) is 194 Å². The molecule has 0 aliphatic heterocycles. The fourth-order valence-corrected chi connectivity index (χ4v) is 10.5. The predicted molar refractivity (Wildman–Crippen MR) is 235 cm³/mol. The summed E-state index contributed by atoms with van der Waals surface area (Å²) in [6.45, 7) is 0. The average molecular weight is 745 g/mol. The Balaban J connectivity index is 1.15. The molecule has 0 spiro atoms. The zero-order valence-electron chi connectivity index (χ0n) is 30.7. The van der Waals surface area contributed by atoms with E-state index in [-0.39, 0.29) is 0 Å². The number of benzene rings is 8. The SMILES string of the molecule is c1ccc(-c2nc(-c3ccc4c(c3)sc3ccccc34)nc(-n3c4ccccc4c4ccc(C5(c6ccccc6)c6ccccc6-c6ccccc65)cc43)n2)cc1. The van der Waals surface area contributed by atoms with Gasteiger partial charge in [0.2, 0.25) is 5.95 Å². The first-order chi connectivity index (χ1) is 28.3. The Bertz CT molecular complexity index is 3320. The lowest BCUT2D eigenvalue weighted by molar-refractivity contribution is 0.769. The van der Waals surface area contributed by atoms with Gasteiger partial charge < -0.3 is 0 Å². The van der Waals surface area contributed by atoms with E-state index in [0.29, 0.717) is 17.6 Å². The molecule has 1 aliphatic rings. The second kappa shape index (κ2) is 12.4. The Morgan fingerprint density at radius 3 is 1.74 bits per heavy atom. The highest BCUT2D eigenvalue weighted by Gasteiger charge is 2.46. The smallest absolute Gasteiger partial charge is 0.238 e. The summed E-state index contributed by atoms with van der Waals surface area (Å²) < 4.78 is 4.73. The van der Waals surface area contributed by atoms with Gasteiger partial charge in [0.05, 0.1) is 16.4 Å². The summed E-state index contributed by atoms with van der Waals surface area (Å²) in [5.74, 6) is 1.85. The maximum atomic E-state index is 5.35. The van der Waals surface area contributed by atoms with Crippen molar-refractivity contribution in [3.8, 4) is 39.9 Å². The Hall–Kier alpha value is -7.21. The van der Waals surface area contributed by atoms with Crippen LogP contribution in [0.3, 0.4) is 0 Å². The fraction of sp³-hybridized carbons (Fsp3) is 0.0192. The average Bonchev–Trinajstić information content (AvgIpc) is 3.93. The van der Waals surface area contributed by atoms with Gasteiger partial charge >= 0.3 is 0 Å². The second-order valence-electron chi connectivity index (χ2n) is 14.7. The van der Waals surface area contributed by atoms with Crippen LogP contribution in [0.1, 0.15) is 22.3 Å². The van der Waals surface area contributed by atoms with Gasteiger partial charge in [0.1, 0.15) is 0 Å². The maximum Gasteiger partial charge on any atom is 0.238 e. The van der Waals surface area contributed by atoms with Gasteiger partial charge in [-0.1, -0.05) is 170 Å². The van der Waals surface area contributed by atoms with E-state index < -0.39 is 5.41 Å². The van der Waals surface area contributed by atoms with Crippen LogP contribution in [0, 0.1) is 0 Å². The highest BCUT2D eigenvalue weighted by atomic mass is 32.1. The lowest BCUT2D eigenvalue weighted by Gasteiger charge is -2.34. The molecule has 0 saturated carbocycles. The number of rotatable bonds is 5. The van der Waals surface area contributed by atoms with Gasteiger partial charge in [-0.25, -0.2) is 4.98 Å². The summed E-state index contributed by atoms with van der Waals surface area (Å²) in [5, 5.41) is 4.81. The molecule has 1 aliphatic carbocycles. The van der Waals surface area contributed by atoms with Gasteiger partial charge in [-0.05, 0) is 57.6 Å². The molecule has 8 aromatic carbocycles. The molecule has 5 heteroatoms. The first kappa shape index (κ1) is 32.1. The minimum absolute atomic E-state index is 0.539. The van der Waals surface area contributed by atoms with Crippen molar-refractivity contribution in [3.63, 3.8) is 0 Å². The van der Waals surface area contributed by atoms with E-state index in [4.69, 9.17) is 15.0 Å². The molecule has 11 aromatic rings. The van der Waals surface area contributed by atoms with Gasteiger partial charge in [0.15, 0.2) is 11.6 Å². The summed E-state index contributed by atoms with van der Waals surface area (Å²) in [6.07, 6.45) is 0. The molecule has 57 heavy (non-hydrogen) atoms. The van der Waals surface area contributed by atoms with E-state index >= 15 is 0 Å². The van der Waals surface area contributed by atoms with Gasteiger partial charge in [0, 0.05) is 42.1 Å². The van der Waals surface area contributed by atoms with Crippen molar-refractivity contribution in [2.75, 3.05) is 0 Å². The Kier molecular flexibility index (Phi) is 6.98. The summed E-state index contributed by atoms with van der Waals surface area (Å²) >= 11 is 1.80. The van der Waals surface area contributed by atoms with Crippen LogP contribution < -0.4 is 0 Å². The first-order valence-electron chi connectivity index (χ1n) is 19.3. The molecule has 0 bridgehead atoms. The monoisotopic (exact) mass is 744 g/mol. The van der Waals surface area contributed by atoms with E-state index in [9.17, 15) is 0 Å². The summed E-state index contributed by atoms with van der Waals surface area (Å²) in [6, 6.07) is 69.8. The number of nitrogens with zero attached hydrogens (tertiary/aromatic N) is 4. The Morgan fingerprint density at radius 1 is 0.386 bits per heavy atom. The number of fused-ring (bicyclic) bond motifs is 9. The highest BCUT2D eigenvalue weighted by Crippen LogP contribution is 2.56. The van der Waals surface area contributed by atoms with E-state index in [2.05, 4.69) is 180 Å². The fourth-order valence-electron chi connectivity index (χ4n) is 9.31. The van der Waals surface area contributed by atoms with Crippen molar-refractivity contribution in [3.05, 3.63) is 216 Å². The molecule has 0 radical (unpaired) electrons. The maximum absolute atomic E-state index is 5.35. The molecular weight excluding hydrogens is 713 g/mol. The topological polar surface area (TPSA) is 43.6 Å². The van der Waals surface area contributed by atoms with Gasteiger partial charge in [-0.15, -0.1) is 11.3 Å². The van der Waals surface area contributed by atoms with Gasteiger partial charge in [-0.2, -0.15) is 9.97 Å². The van der Waals surface area contributed by atoms with Gasteiger partial charge in [0.25, 0.3) is 0 Å². The van der Waals surface area contributed by atoms with Crippen molar-refractivity contribution in [2.45, 2.75) is 5.41 Å². The largest absolute Gasteiger partial charge is 0.278 e.